The fraction of sp³-hybridized carbons (Fsp3) is 0.0833. The van der Waals surface area contributed by atoms with Gasteiger partial charge in [0.1, 0.15) is 5.75 Å². The summed E-state index contributed by atoms with van der Waals surface area (Å²) in [7, 11) is 3.12. The third-order valence-corrected chi connectivity index (χ3v) is 6.04. The van der Waals surface area contributed by atoms with E-state index in [4.69, 9.17) is 25.8 Å². The van der Waals surface area contributed by atoms with E-state index >= 15 is 0 Å². The van der Waals surface area contributed by atoms with Crippen LogP contribution in [0.4, 0.5) is 0 Å². The van der Waals surface area contributed by atoms with Crippen LogP contribution in [0.3, 0.4) is 0 Å². The average Bonchev–Trinajstić information content (AvgIpc) is 3.14. The minimum Gasteiger partial charge on any atom is -0.493 e. The van der Waals surface area contributed by atoms with Crippen LogP contribution in [0.25, 0.3) is 21.7 Å². The van der Waals surface area contributed by atoms with Gasteiger partial charge in [-0.1, -0.05) is 11.6 Å². The number of methoxy groups -OCH3 is 2. The Kier molecular flexibility index (Phi) is 6.30. The molecule has 8 heteroatoms. The fourth-order valence-electron chi connectivity index (χ4n) is 3.17. The zero-order valence-electron chi connectivity index (χ0n) is 17.2. The molecule has 0 atom stereocenters. The maximum atomic E-state index is 12.0. The van der Waals surface area contributed by atoms with Crippen LogP contribution in [-0.4, -0.2) is 30.3 Å². The van der Waals surface area contributed by atoms with Gasteiger partial charge in [0.2, 0.25) is 0 Å². The number of aliphatic carboxylic acids is 1. The number of halogens is 1. The average molecular weight is 468 g/mol. The minimum absolute atomic E-state index is 0.124. The van der Waals surface area contributed by atoms with Crippen molar-refractivity contribution in [3.8, 4) is 23.0 Å². The molecule has 2 heterocycles. The van der Waals surface area contributed by atoms with Gasteiger partial charge in [-0.25, -0.2) is 4.79 Å². The van der Waals surface area contributed by atoms with Crippen molar-refractivity contribution < 1.29 is 24.1 Å². The fourth-order valence-corrected chi connectivity index (χ4v) is 4.38. The number of thiophene rings is 1. The summed E-state index contributed by atoms with van der Waals surface area (Å²) >= 11 is 7.39. The monoisotopic (exact) mass is 467 g/mol. The molecule has 2 aromatic heterocycles. The number of ether oxygens (including phenoxy) is 3. The van der Waals surface area contributed by atoms with Gasteiger partial charge in [0, 0.05) is 33.6 Å². The predicted molar refractivity (Wildman–Crippen MR) is 126 cm³/mol. The molecule has 0 aliphatic rings. The summed E-state index contributed by atoms with van der Waals surface area (Å²) < 4.78 is 17.9. The lowest BCUT2D eigenvalue weighted by atomic mass is 10.1. The Hall–Kier alpha value is -3.55. The maximum Gasteiger partial charge on any atom is 0.336 e. The first-order valence-corrected chi connectivity index (χ1v) is 10.7. The third-order valence-electron chi connectivity index (χ3n) is 4.70. The van der Waals surface area contributed by atoms with Crippen molar-refractivity contribution in [3.05, 3.63) is 76.4 Å². The molecule has 1 N–H and O–H groups in total. The number of aromatic nitrogens is 1. The molecule has 2 aromatic carbocycles. The number of hydrogen-bond donors (Lipinski definition) is 1. The quantitative estimate of drug-likeness (QED) is 0.317. The lowest BCUT2D eigenvalue weighted by Crippen LogP contribution is -1.99. The number of fused-ring (bicyclic) bond motifs is 1. The summed E-state index contributed by atoms with van der Waals surface area (Å²) in [5, 5.41) is 11.2. The predicted octanol–water partition coefficient (Wildman–Crippen LogP) is 6.38. The van der Waals surface area contributed by atoms with E-state index in [1.165, 1.54) is 11.3 Å². The van der Waals surface area contributed by atoms with Gasteiger partial charge in [0.15, 0.2) is 17.2 Å². The van der Waals surface area contributed by atoms with Crippen molar-refractivity contribution in [1.82, 2.24) is 4.98 Å². The number of pyridine rings is 1. The highest BCUT2D eigenvalue weighted by Crippen LogP contribution is 2.46. The highest BCUT2D eigenvalue weighted by molar-refractivity contribution is 7.20. The van der Waals surface area contributed by atoms with Crippen molar-refractivity contribution in [2.75, 3.05) is 14.2 Å². The van der Waals surface area contributed by atoms with E-state index in [1.807, 2.05) is 12.1 Å². The van der Waals surface area contributed by atoms with Crippen molar-refractivity contribution in [2.45, 2.75) is 0 Å². The summed E-state index contributed by atoms with van der Waals surface area (Å²) in [6.45, 7) is 0. The van der Waals surface area contributed by atoms with Gasteiger partial charge in [-0.3, -0.25) is 4.98 Å². The van der Waals surface area contributed by atoms with Crippen LogP contribution in [0.2, 0.25) is 5.02 Å². The molecule has 0 aliphatic carbocycles. The smallest absolute Gasteiger partial charge is 0.336 e. The normalized spacial score (nSPS) is 11.4. The zero-order chi connectivity index (χ0) is 22.7. The first kappa shape index (κ1) is 21.7. The molecule has 0 fully saturated rings. The Balaban J connectivity index is 1.93. The number of nitrogens with zero attached hydrogens (tertiary/aromatic N) is 1. The molecule has 0 aliphatic heterocycles. The second-order valence-corrected chi connectivity index (χ2v) is 8.17. The summed E-state index contributed by atoms with van der Waals surface area (Å²) in [6, 6.07) is 13.9. The van der Waals surface area contributed by atoms with Gasteiger partial charge < -0.3 is 19.3 Å². The molecule has 0 saturated heterocycles. The summed E-state index contributed by atoms with van der Waals surface area (Å²) in [5.74, 6) is 1.14. The lowest BCUT2D eigenvalue weighted by Gasteiger charge is -2.10. The van der Waals surface area contributed by atoms with Gasteiger partial charge in [-0.15, -0.1) is 11.3 Å². The Morgan fingerprint density at radius 1 is 1.03 bits per heavy atom. The Morgan fingerprint density at radius 2 is 1.69 bits per heavy atom. The van der Waals surface area contributed by atoms with Crippen LogP contribution < -0.4 is 14.2 Å². The van der Waals surface area contributed by atoms with Crippen LogP contribution in [0.5, 0.6) is 23.0 Å². The standard InChI is InChI=1S/C24H18ClNO5S/c1-29-19-11-18-21(13-20(19)30-2)32-22(23(18)31-16-5-3-15(25)4-6-16)12-17(24(27)28)14-7-9-26-10-8-14/h3-13H,1-2H3,(H,27,28)/b17-12+. The van der Waals surface area contributed by atoms with Crippen LogP contribution in [0.15, 0.2) is 60.9 Å². The SMILES string of the molecule is COc1cc2sc(/C=C(/C(=O)O)c3ccncc3)c(Oc3ccc(Cl)cc3)c2cc1OC. The maximum absolute atomic E-state index is 12.0. The van der Waals surface area contributed by atoms with E-state index in [0.29, 0.717) is 38.5 Å². The van der Waals surface area contributed by atoms with Crippen molar-refractivity contribution in [3.63, 3.8) is 0 Å². The Morgan fingerprint density at radius 3 is 2.31 bits per heavy atom. The lowest BCUT2D eigenvalue weighted by molar-refractivity contribution is -0.130. The van der Waals surface area contributed by atoms with Crippen molar-refractivity contribution in [2.24, 2.45) is 0 Å². The summed E-state index contributed by atoms with van der Waals surface area (Å²) in [6.07, 6.45) is 4.71. The highest BCUT2D eigenvalue weighted by atomic mass is 35.5. The molecule has 162 valence electrons. The van der Waals surface area contributed by atoms with E-state index in [-0.39, 0.29) is 5.57 Å². The molecule has 0 amide bonds. The second-order valence-electron chi connectivity index (χ2n) is 6.65. The molecule has 4 rings (SSSR count). The number of carboxylic acids is 1. The molecular formula is C24H18ClNO5S. The van der Waals surface area contributed by atoms with Gasteiger partial charge in [-0.05, 0) is 54.1 Å². The van der Waals surface area contributed by atoms with E-state index in [2.05, 4.69) is 4.98 Å². The van der Waals surface area contributed by atoms with Crippen LogP contribution in [0.1, 0.15) is 10.4 Å². The van der Waals surface area contributed by atoms with Gasteiger partial charge in [-0.2, -0.15) is 0 Å². The van der Waals surface area contributed by atoms with Gasteiger partial charge >= 0.3 is 5.97 Å². The minimum atomic E-state index is -1.05. The van der Waals surface area contributed by atoms with Gasteiger partial charge in [0.25, 0.3) is 0 Å². The van der Waals surface area contributed by atoms with E-state index in [9.17, 15) is 9.90 Å². The summed E-state index contributed by atoms with van der Waals surface area (Å²) in [4.78, 5) is 16.7. The molecule has 0 spiro atoms. The molecule has 4 aromatic rings. The Bertz CT molecular complexity index is 1300. The summed E-state index contributed by atoms with van der Waals surface area (Å²) in [5.41, 5.74) is 0.663. The zero-order valence-corrected chi connectivity index (χ0v) is 18.7. The highest BCUT2D eigenvalue weighted by Gasteiger charge is 2.20. The molecule has 0 bridgehead atoms. The molecule has 6 nitrogen and oxygen atoms in total. The third kappa shape index (κ3) is 4.39. The molecule has 0 unspecified atom stereocenters. The largest absolute Gasteiger partial charge is 0.493 e. The number of carboxylic acid groups (broad SMARTS) is 1. The van der Waals surface area contributed by atoms with Crippen LogP contribution in [0, 0.1) is 0 Å². The van der Waals surface area contributed by atoms with Crippen molar-refractivity contribution >= 4 is 50.6 Å². The second kappa shape index (κ2) is 9.30. The molecular weight excluding hydrogens is 450 g/mol. The molecule has 0 saturated carbocycles. The number of carbonyl (C=O) groups is 1. The van der Waals surface area contributed by atoms with E-state index < -0.39 is 5.97 Å². The number of rotatable bonds is 7. The number of benzene rings is 2. The van der Waals surface area contributed by atoms with Crippen molar-refractivity contribution in [1.29, 1.82) is 0 Å². The topological polar surface area (TPSA) is 77.9 Å². The Labute approximate surface area is 193 Å². The van der Waals surface area contributed by atoms with Gasteiger partial charge in [0.05, 0.1) is 24.7 Å². The van der Waals surface area contributed by atoms with Crippen LogP contribution >= 0.6 is 22.9 Å². The first-order chi connectivity index (χ1) is 15.5. The van der Waals surface area contributed by atoms with Crippen LogP contribution in [-0.2, 0) is 4.79 Å². The molecule has 0 radical (unpaired) electrons. The number of hydrogen-bond acceptors (Lipinski definition) is 6. The first-order valence-electron chi connectivity index (χ1n) is 9.47. The van der Waals surface area contributed by atoms with E-state index in [0.717, 1.165) is 10.1 Å². The van der Waals surface area contributed by atoms with E-state index in [1.54, 1.807) is 69.1 Å². The molecule has 32 heavy (non-hydrogen) atoms.